The van der Waals surface area contributed by atoms with Crippen molar-refractivity contribution in [3.05, 3.63) is 29.8 Å². The first-order chi connectivity index (χ1) is 12.5. The zero-order valence-electron chi connectivity index (χ0n) is 15.4. The predicted octanol–water partition coefficient (Wildman–Crippen LogP) is 1.76. The molecule has 5 aliphatic rings. The molecule has 138 valence electrons. The number of aliphatic hydroxyl groups is 1. The average molecular weight is 354 g/mol. The van der Waals surface area contributed by atoms with Crippen LogP contribution in [0, 0.1) is 17.3 Å². The maximum atomic E-state index is 12.9. The first-order valence-corrected chi connectivity index (χ1v) is 9.91. The van der Waals surface area contributed by atoms with Crippen molar-refractivity contribution in [1.82, 2.24) is 4.90 Å². The molecule has 0 unspecified atom stereocenters. The molecule has 1 aromatic rings. The Morgan fingerprint density at radius 2 is 2.15 bits per heavy atom. The van der Waals surface area contributed by atoms with Gasteiger partial charge in [0, 0.05) is 29.1 Å². The second kappa shape index (κ2) is 4.45. The van der Waals surface area contributed by atoms with Gasteiger partial charge < -0.3 is 15.2 Å². The molecule has 26 heavy (non-hydrogen) atoms. The molecule has 2 N–H and O–H groups in total. The van der Waals surface area contributed by atoms with Gasteiger partial charge in [0.05, 0.1) is 24.7 Å². The highest BCUT2D eigenvalue weighted by atomic mass is 16.5. The van der Waals surface area contributed by atoms with Crippen LogP contribution >= 0.6 is 0 Å². The fraction of sp³-hybridized carbons (Fsp3) is 0.667. The third-order valence-corrected chi connectivity index (χ3v) is 9.01. The van der Waals surface area contributed by atoms with Crippen molar-refractivity contribution in [3.8, 4) is 0 Å². The summed E-state index contributed by atoms with van der Waals surface area (Å²) in [5, 5.41) is 15.1. The van der Waals surface area contributed by atoms with Crippen LogP contribution in [0.5, 0.6) is 0 Å². The summed E-state index contributed by atoms with van der Waals surface area (Å²) in [6.07, 6.45) is 2.24. The lowest BCUT2D eigenvalue weighted by molar-refractivity contribution is -0.152. The van der Waals surface area contributed by atoms with Crippen molar-refractivity contribution >= 4 is 11.7 Å². The summed E-state index contributed by atoms with van der Waals surface area (Å²) in [5.74, 6) is -0.114. The number of anilines is 1. The van der Waals surface area contributed by atoms with Gasteiger partial charge in [-0.2, -0.15) is 0 Å². The van der Waals surface area contributed by atoms with Crippen LogP contribution in [0.3, 0.4) is 0 Å². The van der Waals surface area contributed by atoms with Gasteiger partial charge in [0.1, 0.15) is 0 Å². The zero-order chi connectivity index (χ0) is 17.9. The molecule has 5 heteroatoms. The fourth-order valence-electron chi connectivity index (χ4n) is 8.42. The number of nitrogens with zero attached hydrogens (tertiary/aromatic N) is 1. The number of rotatable bonds is 1. The topological polar surface area (TPSA) is 61.8 Å². The van der Waals surface area contributed by atoms with E-state index < -0.39 is 0 Å². The standard InChI is InChI=1S/C21H26N2O3/c1-12-19-11-14(17(25)26-2)21(12)20(13-5-3-4-6-15(13)22-21)8-10-23(18(19)20)9-7-16(19)24/h3-6,12,14,16,18,22,24H,7-11H2,1-2H3/t12-,14-,16+,18+,19+,20-,21+/m1/s1. The summed E-state index contributed by atoms with van der Waals surface area (Å²) < 4.78 is 5.28. The molecule has 0 amide bonds. The van der Waals surface area contributed by atoms with Crippen molar-refractivity contribution < 1.29 is 14.6 Å². The zero-order valence-corrected chi connectivity index (χ0v) is 15.4. The fourth-order valence-corrected chi connectivity index (χ4v) is 8.42. The van der Waals surface area contributed by atoms with Crippen molar-refractivity contribution in [3.63, 3.8) is 0 Å². The Hall–Kier alpha value is -1.59. The number of hydrogen-bond acceptors (Lipinski definition) is 5. The summed E-state index contributed by atoms with van der Waals surface area (Å²) in [4.78, 5) is 15.5. The van der Waals surface area contributed by atoms with Crippen LogP contribution in [-0.4, -0.2) is 53.9 Å². The summed E-state index contributed by atoms with van der Waals surface area (Å²) in [6.45, 7) is 4.29. The number of carbonyl (C=O) groups excluding carboxylic acids is 1. The summed E-state index contributed by atoms with van der Waals surface area (Å²) in [5.41, 5.74) is 1.83. The highest BCUT2D eigenvalue weighted by molar-refractivity contribution is 5.82. The van der Waals surface area contributed by atoms with Crippen molar-refractivity contribution in [1.29, 1.82) is 0 Å². The Balaban J connectivity index is 1.68. The number of fused-ring (bicyclic) bond motifs is 1. The second-order valence-electron chi connectivity index (χ2n) is 9.12. The van der Waals surface area contributed by atoms with E-state index in [1.54, 1.807) is 0 Å². The minimum absolute atomic E-state index is 0.110. The summed E-state index contributed by atoms with van der Waals surface area (Å²) >= 11 is 0. The number of esters is 1. The molecule has 7 atom stereocenters. The Labute approximate surface area is 153 Å². The van der Waals surface area contributed by atoms with Gasteiger partial charge in [-0.1, -0.05) is 25.1 Å². The first-order valence-electron chi connectivity index (χ1n) is 9.91. The quantitative estimate of drug-likeness (QED) is 0.753. The third-order valence-electron chi connectivity index (χ3n) is 9.01. The molecule has 1 aromatic carbocycles. The average Bonchev–Trinajstić information content (AvgIpc) is 3.31. The van der Waals surface area contributed by atoms with E-state index in [9.17, 15) is 9.90 Å². The number of nitrogens with one attached hydrogen (secondary N) is 1. The molecule has 0 radical (unpaired) electrons. The lowest BCUT2D eigenvalue weighted by atomic mass is 9.56. The van der Waals surface area contributed by atoms with Crippen LogP contribution in [0.25, 0.3) is 0 Å². The smallest absolute Gasteiger partial charge is 0.311 e. The highest BCUT2D eigenvalue weighted by Crippen LogP contribution is 2.79. The van der Waals surface area contributed by atoms with E-state index in [1.165, 1.54) is 18.4 Å². The van der Waals surface area contributed by atoms with Crippen LogP contribution in [0.15, 0.2) is 24.3 Å². The molecule has 5 nitrogen and oxygen atoms in total. The van der Waals surface area contributed by atoms with Crippen LogP contribution < -0.4 is 5.32 Å². The molecule has 3 aliphatic heterocycles. The number of benzene rings is 1. The van der Waals surface area contributed by atoms with E-state index in [-0.39, 0.29) is 40.3 Å². The lowest BCUT2D eigenvalue weighted by Crippen LogP contribution is -2.65. The van der Waals surface area contributed by atoms with Crippen molar-refractivity contribution in [2.45, 2.75) is 49.3 Å². The first kappa shape index (κ1) is 15.5. The number of para-hydroxylation sites is 1. The molecule has 4 fully saturated rings. The molecule has 0 aromatic heterocycles. The molecular formula is C21H26N2O3. The predicted molar refractivity (Wildman–Crippen MR) is 96.8 cm³/mol. The van der Waals surface area contributed by atoms with E-state index in [2.05, 4.69) is 41.4 Å². The van der Waals surface area contributed by atoms with Crippen LogP contribution in [0.4, 0.5) is 5.69 Å². The van der Waals surface area contributed by atoms with Crippen LogP contribution in [-0.2, 0) is 14.9 Å². The largest absolute Gasteiger partial charge is 0.469 e. The molecule has 6 rings (SSSR count). The number of piperidine rings is 1. The Morgan fingerprint density at radius 3 is 2.96 bits per heavy atom. The third kappa shape index (κ3) is 1.23. The minimum atomic E-state index is -0.353. The molecule has 3 heterocycles. The van der Waals surface area contributed by atoms with E-state index >= 15 is 0 Å². The van der Waals surface area contributed by atoms with Gasteiger partial charge in [-0.25, -0.2) is 0 Å². The Kier molecular flexibility index (Phi) is 2.65. The van der Waals surface area contributed by atoms with E-state index in [1.807, 2.05) is 0 Å². The van der Waals surface area contributed by atoms with Gasteiger partial charge in [-0.05, 0) is 43.4 Å². The molecule has 2 aliphatic carbocycles. The molecule has 2 saturated heterocycles. The SMILES string of the molecule is COC(=O)[C@H]1C[C@]23[C@@H](C)[C@]14Nc1ccccc1[C@@]41CCN(CC[C@@H]2O)[C@@H]31. The van der Waals surface area contributed by atoms with Crippen LogP contribution in [0.2, 0.25) is 0 Å². The van der Waals surface area contributed by atoms with Gasteiger partial charge in [0.25, 0.3) is 0 Å². The van der Waals surface area contributed by atoms with Gasteiger partial charge in [-0.15, -0.1) is 0 Å². The van der Waals surface area contributed by atoms with Gasteiger partial charge in [0.15, 0.2) is 0 Å². The van der Waals surface area contributed by atoms with E-state index in [4.69, 9.17) is 4.74 Å². The number of carbonyl (C=O) groups is 1. The maximum absolute atomic E-state index is 12.9. The van der Waals surface area contributed by atoms with E-state index in [0.717, 1.165) is 32.4 Å². The van der Waals surface area contributed by atoms with Gasteiger partial charge in [-0.3, -0.25) is 9.69 Å². The van der Waals surface area contributed by atoms with Crippen molar-refractivity contribution in [2.75, 3.05) is 25.5 Å². The highest BCUT2D eigenvalue weighted by Gasteiger charge is 2.87. The number of methoxy groups -OCH3 is 1. The summed E-state index contributed by atoms with van der Waals surface area (Å²) in [6, 6.07) is 8.90. The van der Waals surface area contributed by atoms with Gasteiger partial charge >= 0.3 is 5.97 Å². The van der Waals surface area contributed by atoms with E-state index in [0.29, 0.717) is 6.04 Å². The number of ether oxygens (including phenoxy) is 1. The molecule has 2 bridgehead atoms. The van der Waals surface area contributed by atoms with Crippen molar-refractivity contribution in [2.24, 2.45) is 17.3 Å². The maximum Gasteiger partial charge on any atom is 0.311 e. The Bertz CT molecular complexity index is 827. The van der Waals surface area contributed by atoms with Crippen LogP contribution in [0.1, 0.15) is 31.7 Å². The number of hydrogen-bond donors (Lipinski definition) is 2. The minimum Gasteiger partial charge on any atom is -0.469 e. The summed E-state index contributed by atoms with van der Waals surface area (Å²) in [7, 11) is 1.50. The number of aliphatic hydroxyl groups excluding tert-OH is 1. The molecule has 2 saturated carbocycles. The normalized spacial score (nSPS) is 50.1. The van der Waals surface area contributed by atoms with Gasteiger partial charge in [0.2, 0.25) is 0 Å². The second-order valence-corrected chi connectivity index (χ2v) is 9.12. The molecular weight excluding hydrogens is 328 g/mol. The monoisotopic (exact) mass is 354 g/mol. The lowest BCUT2D eigenvalue weighted by Gasteiger charge is -2.54. The Morgan fingerprint density at radius 1 is 1.35 bits per heavy atom. The molecule has 3 spiro atoms.